The van der Waals surface area contributed by atoms with Gasteiger partial charge in [0, 0.05) is 24.1 Å². The molecule has 0 aliphatic heterocycles. The lowest BCUT2D eigenvalue weighted by Gasteiger charge is -2.12. The maximum absolute atomic E-state index is 11.9. The summed E-state index contributed by atoms with van der Waals surface area (Å²) in [5, 5.41) is 12.4. The number of rotatable bonds is 9. The van der Waals surface area contributed by atoms with Gasteiger partial charge in [-0.1, -0.05) is 13.3 Å². The van der Waals surface area contributed by atoms with E-state index < -0.39 is 17.9 Å². The van der Waals surface area contributed by atoms with Crippen LogP contribution in [0.4, 0.5) is 5.69 Å². The highest BCUT2D eigenvalue weighted by Crippen LogP contribution is 2.10. The van der Waals surface area contributed by atoms with E-state index in [2.05, 4.69) is 16.6 Å². The smallest absolute Gasteiger partial charge is 0.308 e. The number of carbonyl (C=O) groups excluding carboxylic acids is 3. The first-order chi connectivity index (χ1) is 12.3. The number of terminal acetylenes is 1. The van der Waals surface area contributed by atoms with Crippen molar-refractivity contribution in [2.24, 2.45) is 5.73 Å². The average molecular weight is 374 g/mol. The fraction of sp³-hybridized carbons (Fsp3) is 0.368. The Bertz CT molecular complexity index is 707. The number of anilines is 1. The van der Waals surface area contributed by atoms with Crippen LogP contribution in [0.5, 0.6) is 0 Å². The van der Waals surface area contributed by atoms with Crippen molar-refractivity contribution in [3.63, 3.8) is 0 Å². The molecule has 0 aromatic heterocycles. The van der Waals surface area contributed by atoms with Gasteiger partial charge in [-0.25, -0.2) is 0 Å². The Hall–Kier alpha value is -3.34. The predicted molar refractivity (Wildman–Crippen MR) is 104 cm³/mol. The van der Waals surface area contributed by atoms with Crippen LogP contribution in [0.2, 0.25) is 0 Å². The third-order valence-electron chi connectivity index (χ3n) is 3.27. The van der Waals surface area contributed by atoms with Crippen molar-refractivity contribution in [2.75, 3.05) is 11.9 Å². The minimum absolute atomic E-state index is 0. The summed E-state index contributed by atoms with van der Waals surface area (Å²) in [6, 6.07) is 5.67. The first-order valence-electron chi connectivity index (χ1n) is 8.01. The highest BCUT2D eigenvalue weighted by molar-refractivity contribution is 5.96. The largest absolute Gasteiger partial charge is 0.466 e. The summed E-state index contributed by atoms with van der Waals surface area (Å²) >= 11 is 0. The van der Waals surface area contributed by atoms with Crippen molar-refractivity contribution < 1.29 is 19.1 Å². The van der Waals surface area contributed by atoms with Gasteiger partial charge in [0.25, 0.3) is 0 Å². The first kappa shape index (κ1) is 23.7. The second-order valence-corrected chi connectivity index (χ2v) is 5.34. The standard InChI is InChI=1S/C18H22N4O4.CH4/c1-3-13(11-17(25)26-4-2)21-15(23)9-10-16(24)22-14-7-5-12(6-8-14)18(19)20;/h1,5-8,13H,4,9-11H2,2H3,(H3,19,20)(H,21,23)(H,22,24);1H4. The van der Waals surface area contributed by atoms with Gasteiger partial charge >= 0.3 is 5.97 Å². The zero-order chi connectivity index (χ0) is 19.5. The van der Waals surface area contributed by atoms with Crippen molar-refractivity contribution in [1.29, 1.82) is 5.41 Å². The summed E-state index contributed by atoms with van der Waals surface area (Å²) in [5.74, 6) is 0.961. The molecule has 0 aliphatic carbocycles. The number of amidine groups is 1. The number of hydrogen-bond acceptors (Lipinski definition) is 5. The van der Waals surface area contributed by atoms with E-state index in [4.69, 9.17) is 22.3 Å². The summed E-state index contributed by atoms with van der Waals surface area (Å²) in [4.78, 5) is 35.1. The zero-order valence-corrected chi connectivity index (χ0v) is 14.5. The first-order valence-corrected chi connectivity index (χ1v) is 8.01. The fourth-order valence-corrected chi connectivity index (χ4v) is 1.99. The third-order valence-corrected chi connectivity index (χ3v) is 3.27. The number of esters is 1. The van der Waals surface area contributed by atoms with E-state index in [0.717, 1.165) is 0 Å². The lowest BCUT2D eigenvalue weighted by atomic mass is 10.2. The summed E-state index contributed by atoms with van der Waals surface area (Å²) < 4.78 is 4.77. The molecule has 0 saturated carbocycles. The number of ether oxygens (including phenoxy) is 1. The number of nitrogens with two attached hydrogens (primary N) is 1. The minimum Gasteiger partial charge on any atom is -0.466 e. The molecule has 1 atom stereocenters. The number of nitrogen functional groups attached to an aromatic ring is 1. The highest BCUT2D eigenvalue weighted by atomic mass is 16.5. The molecule has 0 fully saturated rings. The maximum Gasteiger partial charge on any atom is 0.308 e. The van der Waals surface area contributed by atoms with Gasteiger partial charge in [-0.15, -0.1) is 6.42 Å². The van der Waals surface area contributed by atoms with E-state index in [0.29, 0.717) is 11.3 Å². The molecule has 0 radical (unpaired) electrons. The Morgan fingerprint density at radius 1 is 1.22 bits per heavy atom. The quantitative estimate of drug-likeness (QED) is 0.224. The van der Waals surface area contributed by atoms with Gasteiger partial charge in [0.2, 0.25) is 11.8 Å². The maximum atomic E-state index is 11.9. The molecule has 1 unspecified atom stereocenters. The fourth-order valence-electron chi connectivity index (χ4n) is 1.99. The Morgan fingerprint density at radius 2 is 1.81 bits per heavy atom. The summed E-state index contributed by atoms with van der Waals surface area (Å²) in [6.45, 7) is 1.91. The van der Waals surface area contributed by atoms with Crippen LogP contribution < -0.4 is 16.4 Å². The molecule has 0 heterocycles. The van der Waals surface area contributed by atoms with Gasteiger partial charge in [0.05, 0.1) is 13.0 Å². The highest BCUT2D eigenvalue weighted by Gasteiger charge is 2.15. The number of nitrogens with one attached hydrogen (secondary N) is 3. The monoisotopic (exact) mass is 374 g/mol. The molecule has 1 aromatic rings. The van der Waals surface area contributed by atoms with E-state index in [-0.39, 0.29) is 45.0 Å². The van der Waals surface area contributed by atoms with Crippen LogP contribution in [0.15, 0.2) is 24.3 Å². The van der Waals surface area contributed by atoms with E-state index in [1.807, 2.05) is 0 Å². The topological polar surface area (TPSA) is 134 Å². The van der Waals surface area contributed by atoms with Crippen molar-refractivity contribution >= 4 is 29.3 Å². The molecule has 8 nitrogen and oxygen atoms in total. The van der Waals surface area contributed by atoms with Crippen molar-refractivity contribution in [3.05, 3.63) is 29.8 Å². The Labute approximate surface area is 159 Å². The van der Waals surface area contributed by atoms with Crippen LogP contribution in [0, 0.1) is 17.8 Å². The van der Waals surface area contributed by atoms with Crippen LogP contribution in [0.1, 0.15) is 39.2 Å². The average Bonchev–Trinajstić information content (AvgIpc) is 2.60. The van der Waals surface area contributed by atoms with Crippen molar-refractivity contribution in [1.82, 2.24) is 5.32 Å². The predicted octanol–water partition coefficient (Wildman–Crippen LogP) is 1.40. The molecule has 0 spiro atoms. The molecule has 146 valence electrons. The molecule has 5 N–H and O–H groups in total. The SMILES string of the molecule is C.C#CC(CC(=O)OCC)NC(=O)CCC(=O)Nc1ccc(C(=N)N)cc1. The summed E-state index contributed by atoms with van der Waals surface area (Å²) in [6.07, 6.45) is 5.05. The van der Waals surface area contributed by atoms with Crippen molar-refractivity contribution in [2.45, 2.75) is 39.7 Å². The zero-order valence-electron chi connectivity index (χ0n) is 14.5. The lowest BCUT2D eigenvalue weighted by Crippen LogP contribution is -2.36. The van der Waals surface area contributed by atoms with E-state index in [1.54, 1.807) is 31.2 Å². The summed E-state index contributed by atoms with van der Waals surface area (Å²) in [5.41, 5.74) is 6.43. The second kappa shape index (κ2) is 12.1. The molecule has 2 amide bonds. The molecule has 0 saturated heterocycles. The number of benzene rings is 1. The molecular formula is C19H26N4O4. The molecule has 1 aromatic carbocycles. The molecule has 27 heavy (non-hydrogen) atoms. The molecule has 0 bridgehead atoms. The summed E-state index contributed by atoms with van der Waals surface area (Å²) in [7, 11) is 0. The van der Waals surface area contributed by atoms with Crippen molar-refractivity contribution in [3.8, 4) is 12.3 Å². The van der Waals surface area contributed by atoms with Gasteiger partial charge in [0.1, 0.15) is 11.9 Å². The van der Waals surface area contributed by atoms with Gasteiger partial charge in [-0.3, -0.25) is 19.8 Å². The van der Waals surface area contributed by atoms with Gasteiger partial charge in [-0.2, -0.15) is 0 Å². The lowest BCUT2D eigenvalue weighted by molar-refractivity contribution is -0.143. The molecule has 1 rings (SSSR count). The van der Waals surface area contributed by atoms with Crippen LogP contribution in [0.25, 0.3) is 0 Å². The van der Waals surface area contributed by atoms with Crippen LogP contribution >= 0.6 is 0 Å². The van der Waals surface area contributed by atoms with E-state index >= 15 is 0 Å². The van der Waals surface area contributed by atoms with Gasteiger partial charge in [0.15, 0.2) is 0 Å². The van der Waals surface area contributed by atoms with Crippen LogP contribution in [-0.2, 0) is 19.1 Å². The number of amides is 2. The minimum atomic E-state index is -0.774. The number of carbonyl (C=O) groups is 3. The Kier molecular flexibility index (Phi) is 10.6. The van der Waals surface area contributed by atoms with Gasteiger partial charge in [-0.05, 0) is 31.2 Å². The molecular weight excluding hydrogens is 348 g/mol. The normalized spacial score (nSPS) is 10.5. The molecule has 8 heteroatoms. The Morgan fingerprint density at radius 3 is 2.33 bits per heavy atom. The third kappa shape index (κ3) is 9.07. The van der Waals surface area contributed by atoms with E-state index in [9.17, 15) is 14.4 Å². The van der Waals surface area contributed by atoms with E-state index in [1.165, 1.54) is 0 Å². The van der Waals surface area contributed by atoms with Gasteiger partial charge < -0.3 is 21.1 Å². The molecule has 0 aliphatic rings. The van der Waals surface area contributed by atoms with Crippen LogP contribution in [-0.4, -0.2) is 36.3 Å². The number of hydrogen-bond donors (Lipinski definition) is 4. The Balaban J connectivity index is 0.00000676. The second-order valence-electron chi connectivity index (χ2n) is 5.34. The van der Waals surface area contributed by atoms with Crippen LogP contribution in [0.3, 0.4) is 0 Å².